The molecule has 1 saturated heterocycles. The number of hydrogen-bond donors (Lipinski definition) is 4. The third-order valence-electron chi connectivity index (χ3n) is 10.9. The summed E-state index contributed by atoms with van der Waals surface area (Å²) in [6.45, 7) is 2.20. The van der Waals surface area contributed by atoms with E-state index >= 15 is 0 Å². The van der Waals surface area contributed by atoms with Crippen LogP contribution in [0.5, 0.6) is 0 Å². The first kappa shape index (κ1) is 31.2. The molecule has 5 aliphatic carbocycles. The van der Waals surface area contributed by atoms with E-state index in [1.807, 2.05) is 34.1 Å². The molecule has 8 atom stereocenters. The number of anilines is 1. The lowest BCUT2D eigenvalue weighted by atomic mass is 9.46. The van der Waals surface area contributed by atoms with Gasteiger partial charge in [0.25, 0.3) is 0 Å². The number of nitrogens with one attached hydrogen (secondary N) is 1. The third-order valence-corrected chi connectivity index (χ3v) is 10.9. The minimum atomic E-state index is -0.607. The van der Waals surface area contributed by atoms with E-state index in [1.165, 1.54) is 0 Å². The number of rotatable bonds is 15. The van der Waals surface area contributed by atoms with E-state index in [9.17, 15) is 25.1 Å². The fourth-order valence-electron chi connectivity index (χ4n) is 9.27. The summed E-state index contributed by atoms with van der Waals surface area (Å²) in [6, 6.07) is 9.29. The Labute approximate surface area is 259 Å². The van der Waals surface area contributed by atoms with Crippen LogP contribution < -0.4 is 11.1 Å². The molecule has 1 aromatic rings. The Balaban J connectivity index is 0.962. The Bertz CT molecular complexity index is 1220. The molecule has 6 aliphatic rings. The van der Waals surface area contributed by atoms with Gasteiger partial charge in [0.05, 0.1) is 37.5 Å². The number of nitriles is 1. The smallest absolute Gasteiger partial charge is 0.325 e. The minimum absolute atomic E-state index is 0.0366. The van der Waals surface area contributed by atoms with Gasteiger partial charge in [-0.2, -0.15) is 5.26 Å². The highest BCUT2D eigenvalue weighted by Crippen LogP contribution is 2.64. The zero-order valence-corrected chi connectivity index (χ0v) is 25.5. The molecule has 44 heavy (non-hydrogen) atoms. The standard InChI is InChI=1S/C33H47N5O6/c34-18-27-12-25-13-28(25)38(27)31(42)30(35)32-14-23-11-24(15-32)17-33(16-23,21-32)44-10-9-43-29(41)19-36-26-3-1-22(2-4-26)20-37(5-7-39)6-8-40/h1-4,23-25,27-28,30,36,39-40H,5-17,19-21,35H2/t23-,24?,25+,27-,28-,30+,32?,33?/m0/s1. The summed E-state index contributed by atoms with van der Waals surface area (Å²) in [6.07, 6.45) is 7.52. The van der Waals surface area contributed by atoms with Gasteiger partial charge in [0.15, 0.2) is 0 Å². The molecule has 0 aromatic heterocycles. The molecular weight excluding hydrogens is 562 g/mol. The molecular formula is C33H47N5O6. The Morgan fingerprint density at radius 3 is 2.43 bits per heavy atom. The highest BCUT2D eigenvalue weighted by molar-refractivity contribution is 5.84. The number of aliphatic hydroxyl groups excluding tert-OH is 2. The average molecular weight is 610 g/mol. The van der Waals surface area contributed by atoms with Crippen LogP contribution in [0.3, 0.4) is 0 Å². The Kier molecular flexibility index (Phi) is 9.18. The molecule has 240 valence electrons. The Hall–Kier alpha value is -2.75. The third kappa shape index (κ3) is 6.46. The van der Waals surface area contributed by atoms with Crippen LogP contribution in [0, 0.1) is 34.5 Å². The largest absolute Gasteiger partial charge is 0.462 e. The molecule has 1 amide bonds. The number of aliphatic hydroxyl groups is 2. The van der Waals surface area contributed by atoms with E-state index in [4.69, 9.17) is 15.2 Å². The maximum Gasteiger partial charge on any atom is 0.325 e. The predicted molar refractivity (Wildman–Crippen MR) is 162 cm³/mol. The summed E-state index contributed by atoms with van der Waals surface area (Å²) in [4.78, 5) is 29.9. The summed E-state index contributed by atoms with van der Waals surface area (Å²) < 4.78 is 12.0. The lowest BCUT2D eigenvalue weighted by molar-refractivity contribution is -0.205. The van der Waals surface area contributed by atoms with Gasteiger partial charge >= 0.3 is 5.97 Å². The van der Waals surface area contributed by atoms with Crippen molar-refractivity contribution in [3.8, 4) is 6.07 Å². The van der Waals surface area contributed by atoms with Gasteiger partial charge in [0.2, 0.25) is 5.91 Å². The molecule has 11 heteroatoms. The lowest BCUT2D eigenvalue weighted by Crippen LogP contribution is -2.65. The van der Waals surface area contributed by atoms with Crippen LogP contribution in [0.4, 0.5) is 5.69 Å². The fraction of sp³-hybridized carbons (Fsp3) is 0.727. The van der Waals surface area contributed by atoms with Crippen molar-refractivity contribution in [2.24, 2.45) is 28.9 Å². The van der Waals surface area contributed by atoms with Gasteiger partial charge in [0.1, 0.15) is 19.2 Å². The van der Waals surface area contributed by atoms with E-state index in [2.05, 4.69) is 11.4 Å². The average Bonchev–Trinajstić information content (AvgIpc) is 3.67. The summed E-state index contributed by atoms with van der Waals surface area (Å²) in [5.41, 5.74) is 8.05. The van der Waals surface area contributed by atoms with Gasteiger partial charge in [-0.15, -0.1) is 0 Å². The number of likely N-dealkylation sites (tertiary alicyclic amines) is 1. The number of carbonyl (C=O) groups is 2. The van der Waals surface area contributed by atoms with Gasteiger partial charge in [-0.05, 0) is 92.2 Å². The molecule has 1 heterocycles. The molecule has 6 fully saturated rings. The molecule has 0 spiro atoms. The predicted octanol–water partition coefficient (Wildman–Crippen LogP) is 1.62. The maximum absolute atomic E-state index is 13.7. The normalized spacial score (nSPS) is 33.6. The van der Waals surface area contributed by atoms with Crippen LogP contribution >= 0.6 is 0 Å². The van der Waals surface area contributed by atoms with Crippen LogP contribution in [-0.4, -0.2) is 102 Å². The first-order valence-electron chi connectivity index (χ1n) is 16.3. The van der Waals surface area contributed by atoms with Crippen molar-refractivity contribution < 1.29 is 29.3 Å². The van der Waals surface area contributed by atoms with Crippen molar-refractivity contribution in [2.45, 2.75) is 81.6 Å². The van der Waals surface area contributed by atoms with Crippen molar-refractivity contribution in [2.75, 3.05) is 51.4 Å². The number of benzene rings is 1. The highest BCUT2D eigenvalue weighted by atomic mass is 16.6. The van der Waals surface area contributed by atoms with Crippen LogP contribution in [0.15, 0.2) is 24.3 Å². The van der Waals surface area contributed by atoms with Crippen molar-refractivity contribution in [1.29, 1.82) is 5.26 Å². The Morgan fingerprint density at radius 1 is 1.07 bits per heavy atom. The summed E-state index contributed by atoms with van der Waals surface area (Å²) in [5.74, 6) is 1.04. The van der Waals surface area contributed by atoms with Crippen molar-refractivity contribution in [3.63, 3.8) is 0 Å². The quantitative estimate of drug-likeness (QED) is 0.170. The topological polar surface area (TPSA) is 161 Å². The van der Waals surface area contributed by atoms with E-state index in [1.54, 1.807) is 0 Å². The molecule has 11 nitrogen and oxygen atoms in total. The van der Waals surface area contributed by atoms with E-state index < -0.39 is 6.04 Å². The van der Waals surface area contributed by atoms with E-state index in [0.717, 1.165) is 62.6 Å². The second kappa shape index (κ2) is 12.9. The molecule has 4 bridgehead atoms. The SMILES string of the molecule is N#C[C@@H]1C[C@@H]2C[C@@H]2N1C(=O)[C@@H](N)C12CC3C[C@H](CC(OCCOC(=O)CNc4ccc(CN(CCO)CCO)cc4)(C3)C1)C2. The van der Waals surface area contributed by atoms with Gasteiger partial charge < -0.3 is 35.6 Å². The zero-order chi connectivity index (χ0) is 30.9. The number of carbonyl (C=O) groups excluding carboxylic acids is 2. The Morgan fingerprint density at radius 2 is 1.77 bits per heavy atom. The van der Waals surface area contributed by atoms with Gasteiger partial charge in [-0.1, -0.05) is 12.1 Å². The number of piperidine rings is 1. The zero-order valence-electron chi connectivity index (χ0n) is 25.5. The summed E-state index contributed by atoms with van der Waals surface area (Å²) in [7, 11) is 0. The summed E-state index contributed by atoms with van der Waals surface area (Å²) >= 11 is 0. The first-order valence-corrected chi connectivity index (χ1v) is 16.3. The van der Waals surface area contributed by atoms with Gasteiger partial charge in [-0.25, -0.2) is 0 Å². The minimum Gasteiger partial charge on any atom is -0.462 e. The monoisotopic (exact) mass is 609 g/mol. The molecule has 1 aromatic carbocycles. The van der Waals surface area contributed by atoms with E-state index in [-0.39, 0.29) is 61.3 Å². The summed E-state index contributed by atoms with van der Waals surface area (Å²) in [5, 5.41) is 31.1. The fourth-order valence-corrected chi connectivity index (χ4v) is 9.27. The molecule has 3 unspecified atom stereocenters. The van der Waals surface area contributed by atoms with Crippen molar-refractivity contribution >= 4 is 17.6 Å². The van der Waals surface area contributed by atoms with E-state index in [0.29, 0.717) is 44.0 Å². The highest BCUT2D eigenvalue weighted by Gasteiger charge is 2.63. The van der Waals surface area contributed by atoms with Crippen LogP contribution in [0.2, 0.25) is 0 Å². The number of nitrogens with two attached hydrogens (primary N) is 1. The second-order valence-corrected chi connectivity index (χ2v) is 14.0. The van der Waals surface area contributed by atoms with Gasteiger partial charge in [0, 0.05) is 31.4 Å². The molecule has 5 saturated carbocycles. The number of fused-ring (bicyclic) bond motifs is 1. The molecule has 5 N–H and O–H groups in total. The van der Waals surface area contributed by atoms with Crippen LogP contribution in [0.1, 0.15) is 56.9 Å². The molecule has 7 rings (SSSR count). The number of amides is 1. The van der Waals surface area contributed by atoms with Crippen LogP contribution in [0.25, 0.3) is 0 Å². The lowest BCUT2D eigenvalue weighted by Gasteiger charge is -2.63. The maximum atomic E-state index is 13.7. The molecule has 0 radical (unpaired) electrons. The number of nitrogens with zero attached hydrogens (tertiary/aromatic N) is 3. The number of hydrogen-bond acceptors (Lipinski definition) is 10. The molecule has 1 aliphatic heterocycles. The second-order valence-electron chi connectivity index (χ2n) is 14.0. The van der Waals surface area contributed by atoms with Gasteiger partial charge in [-0.3, -0.25) is 14.5 Å². The first-order chi connectivity index (χ1) is 21.3. The van der Waals surface area contributed by atoms with Crippen LogP contribution in [-0.2, 0) is 25.6 Å². The van der Waals surface area contributed by atoms with Crippen molar-refractivity contribution in [3.05, 3.63) is 29.8 Å². The van der Waals surface area contributed by atoms with Crippen molar-refractivity contribution in [1.82, 2.24) is 9.80 Å². The number of ether oxygens (including phenoxy) is 2. The number of esters is 1.